The van der Waals surface area contributed by atoms with Crippen LogP contribution in [-0.2, 0) is 6.54 Å². The number of nitrogens with two attached hydrogens (primary N) is 1. The smallest absolute Gasteiger partial charge is 0.271 e. The van der Waals surface area contributed by atoms with E-state index in [1.54, 1.807) is 12.3 Å². The van der Waals surface area contributed by atoms with Crippen molar-refractivity contribution in [3.8, 4) is 5.88 Å². The Kier molecular flexibility index (Phi) is 4.19. The molecule has 2 aromatic rings. The molecule has 0 aliphatic carbocycles. The molecule has 0 saturated carbocycles. The van der Waals surface area contributed by atoms with Gasteiger partial charge in [0, 0.05) is 18.3 Å². The second-order valence-electron chi connectivity index (χ2n) is 4.52. The largest absolute Gasteiger partial charge is 0.475 e. The number of aromatic amines is 1. The molecule has 0 aromatic carbocycles. The molecule has 7 heteroatoms. The molecule has 0 radical (unpaired) electrons. The van der Waals surface area contributed by atoms with Crippen LogP contribution in [-0.4, -0.2) is 27.2 Å². The molecule has 0 fully saturated rings. The maximum Gasteiger partial charge on any atom is 0.271 e. The lowest BCUT2D eigenvalue weighted by molar-refractivity contribution is 0.0946. The fourth-order valence-corrected chi connectivity index (χ4v) is 1.63. The van der Waals surface area contributed by atoms with Crippen LogP contribution in [0.2, 0.25) is 0 Å². The van der Waals surface area contributed by atoms with Gasteiger partial charge in [-0.25, -0.2) is 4.98 Å². The molecule has 7 nitrogen and oxygen atoms in total. The summed E-state index contributed by atoms with van der Waals surface area (Å²) in [6.07, 6.45) is 3.06. The van der Waals surface area contributed by atoms with Crippen molar-refractivity contribution in [2.45, 2.75) is 26.5 Å². The first kappa shape index (κ1) is 13.9. The number of H-pyrrole nitrogens is 1. The van der Waals surface area contributed by atoms with E-state index in [1.807, 2.05) is 19.9 Å². The number of nitrogens with zero attached hydrogens (tertiary/aromatic N) is 2. The molecule has 0 atom stereocenters. The highest BCUT2D eigenvalue weighted by molar-refractivity contribution is 5.96. The van der Waals surface area contributed by atoms with Crippen LogP contribution in [0.3, 0.4) is 0 Å². The maximum absolute atomic E-state index is 11.9. The molecule has 0 spiro atoms. The fourth-order valence-electron chi connectivity index (χ4n) is 1.63. The Hall–Kier alpha value is -2.57. The van der Waals surface area contributed by atoms with Crippen molar-refractivity contribution in [3.63, 3.8) is 0 Å². The van der Waals surface area contributed by atoms with Crippen LogP contribution in [0.1, 0.15) is 29.9 Å². The molecule has 4 N–H and O–H groups in total. The predicted octanol–water partition coefficient (Wildman–Crippen LogP) is 1.10. The van der Waals surface area contributed by atoms with Crippen LogP contribution >= 0.6 is 0 Å². The van der Waals surface area contributed by atoms with E-state index in [4.69, 9.17) is 10.5 Å². The van der Waals surface area contributed by atoms with Gasteiger partial charge in [-0.1, -0.05) is 6.07 Å². The summed E-state index contributed by atoms with van der Waals surface area (Å²) in [5.74, 6) is 0.194. The number of hydrogen-bond acceptors (Lipinski definition) is 5. The van der Waals surface area contributed by atoms with Crippen molar-refractivity contribution in [1.82, 2.24) is 20.5 Å². The van der Waals surface area contributed by atoms with Gasteiger partial charge in [-0.2, -0.15) is 5.10 Å². The number of ether oxygens (including phenoxy) is 1. The van der Waals surface area contributed by atoms with Crippen molar-refractivity contribution in [1.29, 1.82) is 0 Å². The van der Waals surface area contributed by atoms with Crippen molar-refractivity contribution in [3.05, 3.63) is 35.8 Å². The highest BCUT2D eigenvalue weighted by atomic mass is 16.5. The molecular formula is C13H17N5O2. The van der Waals surface area contributed by atoms with Gasteiger partial charge in [0.15, 0.2) is 0 Å². The van der Waals surface area contributed by atoms with E-state index >= 15 is 0 Å². The van der Waals surface area contributed by atoms with Crippen molar-refractivity contribution < 1.29 is 9.53 Å². The fraction of sp³-hybridized carbons (Fsp3) is 0.308. The quantitative estimate of drug-likeness (QED) is 0.757. The summed E-state index contributed by atoms with van der Waals surface area (Å²) < 4.78 is 5.58. The number of pyridine rings is 1. The number of amides is 1. The van der Waals surface area contributed by atoms with Gasteiger partial charge >= 0.3 is 0 Å². The van der Waals surface area contributed by atoms with Crippen LogP contribution in [0.25, 0.3) is 0 Å². The summed E-state index contributed by atoms with van der Waals surface area (Å²) in [7, 11) is 0. The van der Waals surface area contributed by atoms with Gasteiger partial charge in [0.25, 0.3) is 5.91 Å². The number of anilines is 1. The van der Waals surface area contributed by atoms with E-state index in [-0.39, 0.29) is 17.7 Å². The molecule has 0 aliphatic heterocycles. The third-order valence-electron chi connectivity index (χ3n) is 2.53. The predicted molar refractivity (Wildman–Crippen MR) is 74.2 cm³/mol. The van der Waals surface area contributed by atoms with E-state index in [9.17, 15) is 4.79 Å². The van der Waals surface area contributed by atoms with E-state index in [0.717, 1.165) is 5.56 Å². The first-order chi connectivity index (χ1) is 9.58. The van der Waals surface area contributed by atoms with E-state index in [1.165, 1.54) is 6.20 Å². The molecule has 0 aliphatic rings. The summed E-state index contributed by atoms with van der Waals surface area (Å²) in [6, 6.07) is 3.64. The van der Waals surface area contributed by atoms with Gasteiger partial charge in [0.05, 0.1) is 18.0 Å². The Morgan fingerprint density at radius 2 is 2.35 bits per heavy atom. The summed E-state index contributed by atoms with van der Waals surface area (Å²) in [5.41, 5.74) is 6.98. The first-order valence-corrected chi connectivity index (χ1v) is 6.25. The topological polar surface area (TPSA) is 106 Å². The monoisotopic (exact) mass is 275 g/mol. The number of nitrogen functional groups attached to an aromatic ring is 1. The minimum atomic E-state index is -0.320. The minimum Gasteiger partial charge on any atom is -0.475 e. The van der Waals surface area contributed by atoms with E-state index < -0.39 is 0 Å². The number of carbonyl (C=O) groups is 1. The van der Waals surface area contributed by atoms with Crippen molar-refractivity contribution in [2.24, 2.45) is 0 Å². The first-order valence-electron chi connectivity index (χ1n) is 6.25. The maximum atomic E-state index is 11.9. The molecule has 0 bridgehead atoms. The molecule has 2 rings (SSSR count). The van der Waals surface area contributed by atoms with Gasteiger partial charge in [-0.05, 0) is 19.9 Å². The number of carbonyl (C=O) groups excluding carboxylic acids is 1. The molecule has 0 unspecified atom stereocenters. The van der Waals surface area contributed by atoms with Gasteiger partial charge < -0.3 is 15.8 Å². The zero-order valence-electron chi connectivity index (χ0n) is 11.4. The normalized spacial score (nSPS) is 10.6. The summed E-state index contributed by atoms with van der Waals surface area (Å²) >= 11 is 0. The molecule has 106 valence electrons. The van der Waals surface area contributed by atoms with Gasteiger partial charge in [-0.15, -0.1) is 0 Å². The molecule has 2 heterocycles. The Morgan fingerprint density at radius 3 is 3.00 bits per heavy atom. The van der Waals surface area contributed by atoms with Gasteiger partial charge in [0.1, 0.15) is 5.69 Å². The Labute approximate surface area is 116 Å². The average molecular weight is 275 g/mol. The van der Waals surface area contributed by atoms with Crippen molar-refractivity contribution >= 4 is 11.6 Å². The number of aromatic nitrogens is 3. The van der Waals surface area contributed by atoms with Crippen LogP contribution < -0.4 is 15.8 Å². The third kappa shape index (κ3) is 3.25. The standard InChI is InChI=1S/C13H17N5O2/c1-8(2)20-13-9(4-3-5-15-13)6-16-12(19)11-10(14)7-17-18-11/h3-5,7-8H,6,14H2,1-2H3,(H,16,19)(H,17,18). The lowest BCUT2D eigenvalue weighted by Crippen LogP contribution is -2.24. The zero-order chi connectivity index (χ0) is 14.5. The Bertz CT molecular complexity index is 594. The lowest BCUT2D eigenvalue weighted by atomic mass is 10.2. The SMILES string of the molecule is CC(C)Oc1ncccc1CNC(=O)c1[nH]ncc1N. The Balaban J connectivity index is 2.04. The molecule has 20 heavy (non-hydrogen) atoms. The molecule has 1 amide bonds. The summed E-state index contributed by atoms with van der Waals surface area (Å²) in [6.45, 7) is 4.14. The third-order valence-corrected chi connectivity index (χ3v) is 2.53. The highest BCUT2D eigenvalue weighted by Gasteiger charge is 2.13. The molecular weight excluding hydrogens is 258 g/mol. The van der Waals surface area contributed by atoms with Crippen LogP contribution in [0, 0.1) is 0 Å². The minimum absolute atomic E-state index is 0.0163. The average Bonchev–Trinajstić information content (AvgIpc) is 2.83. The second-order valence-corrected chi connectivity index (χ2v) is 4.52. The van der Waals surface area contributed by atoms with Gasteiger partial charge in [-0.3, -0.25) is 9.89 Å². The summed E-state index contributed by atoms with van der Waals surface area (Å²) in [5, 5.41) is 9.01. The number of hydrogen-bond donors (Lipinski definition) is 3. The highest BCUT2D eigenvalue weighted by Crippen LogP contribution is 2.16. The second kappa shape index (κ2) is 6.05. The molecule has 0 saturated heterocycles. The number of rotatable bonds is 5. The molecule has 2 aromatic heterocycles. The zero-order valence-corrected chi connectivity index (χ0v) is 11.4. The lowest BCUT2D eigenvalue weighted by Gasteiger charge is -2.13. The summed E-state index contributed by atoms with van der Waals surface area (Å²) in [4.78, 5) is 16.1. The van der Waals surface area contributed by atoms with Crippen LogP contribution in [0.5, 0.6) is 5.88 Å². The van der Waals surface area contributed by atoms with Crippen LogP contribution in [0.4, 0.5) is 5.69 Å². The van der Waals surface area contributed by atoms with E-state index in [0.29, 0.717) is 18.1 Å². The van der Waals surface area contributed by atoms with Crippen molar-refractivity contribution in [2.75, 3.05) is 5.73 Å². The van der Waals surface area contributed by atoms with Gasteiger partial charge in [0.2, 0.25) is 5.88 Å². The Morgan fingerprint density at radius 1 is 1.55 bits per heavy atom. The number of nitrogens with one attached hydrogen (secondary N) is 2. The van der Waals surface area contributed by atoms with Crippen LogP contribution in [0.15, 0.2) is 24.5 Å². The van der Waals surface area contributed by atoms with E-state index in [2.05, 4.69) is 20.5 Å².